The van der Waals surface area contributed by atoms with E-state index < -0.39 is 11.9 Å². The average Bonchev–Trinajstić information content (AvgIpc) is 3.44. The number of aliphatic carboxylic acids is 2. The van der Waals surface area contributed by atoms with Crippen LogP contribution in [0.2, 0.25) is 0 Å². The largest absolute Gasteiger partial charge is 0.481 e. The highest BCUT2D eigenvalue weighted by Gasteiger charge is 2.19. The summed E-state index contributed by atoms with van der Waals surface area (Å²) in [4.78, 5) is 25.5. The number of rotatable bonds is 40. The molecule has 5 heteroatoms. The third-order valence-electron chi connectivity index (χ3n) is 11.0. The second-order valence-electron chi connectivity index (χ2n) is 15.8. The van der Waals surface area contributed by atoms with Crippen molar-refractivity contribution in [3.8, 4) is 0 Å². The van der Waals surface area contributed by atoms with Crippen molar-refractivity contribution in [2.24, 2.45) is 0 Å². The summed E-state index contributed by atoms with van der Waals surface area (Å²) in [5, 5.41) is 18.9. The van der Waals surface area contributed by atoms with Crippen molar-refractivity contribution in [2.45, 2.75) is 258 Å². The van der Waals surface area contributed by atoms with E-state index in [1.165, 1.54) is 215 Å². The Balaban J connectivity index is 2.37. The Morgan fingerprint density at radius 1 is 0.353 bits per heavy atom. The molecular weight excluding hydrogens is 649 g/mol. The van der Waals surface area contributed by atoms with Crippen molar-refractivity contribution in [1.82, 2.24) is 0 Å². The lowest BCUT2D eigenvalue weighted by molar-refractivity contribution is -0.138. The van der Waals surface area contributed by atoms with E-state index in [2.05, 4.69) is 13.8 Å². The Labute approximate surface area is 320 Å². The fraction of sp³-hybridized carbons (Fsp3) is 0.870. The van der Waals surface area contributed by atoms with Gasteiger partial charge in [0.1, 0.15) is 0 Å². The van der Waals surface area contributed by atoms with Crippen LogP contribution in [-0.2, 0) is 35.3 Å². The average molecular weight is 733 g/mol. The third-order valence-corrected chi connectivity index (χ3v) is 12.4. The number of aryl methyl sites for hydroxylation is 2. The van der Waals surface area contributed by atoms with E-state index >= 15 is 0 Å². The van der Waals surface area contributed by atoms with Gasteiger partial charge in [0.05, 0.1) is 6.42 Å². The molecule has 51 heavy (non-hydrogen) atoms. The maximum Gasteiger partial charge on any atom is 0.303 e. The number of thiophene rings is 1. The highest BCUT2D eigenvalue weighted by Crippen LogP contribution is 2.34. The van der Waals surface area contributed by atoms with Gasteiger partial charge >= 0.3 is 11.9 Å². The van der Waals surface area contributed by atoms with Crippen LogP contribution in [0.4, 0.5) is 0 Å². The van der Waals surface area contributed by atoms with Crippen molar-refractivity contribution in [1.29, 1.82) is 0 Å². The van der Waals surface area contributed by atoms with E-state index in [0.29, 0.717) is 12.8 Å². The number of carboxylic acids is 2. The van der Waals surface area contributed by atoms with Gasteiger partial charge in [-0.25, -0.2) is 0 Å². The number of unbranched alkanes of at least 4 members (excludes halogenated alkanes) is 30. The van der Waals surface area contributed by atoms with Crippen LogP contribution in [-0.4, -0.2) is 22.2 Å². The molecule has 0 radical (unpaired) electrons. The molecule has 0 saturated heterocycles. The predicted octanol–water partition coefficient (Wildman–Crippen LogP) is 15.4. The molecule has 0 unspecified atom stereocenters. The van der Waals surface area contributed by atoms with Crippen molar-refractivity contribution >= 4 is 23.3 Å². The van der Waals surface area contributed by atoms with Crippen LogP contribution >= 0.6 is 11.3 Å². The number of hydrogen-bond donors (Lipinski definition) is 2. The minimum Gasteiger partial charge on any atom is -0.481 e. The van der Waals surface area contributed by atoms with Crippen molar-refractivity contribution in [2.75, 3.05) is 0 Å². The maximum absolute atomic E-state index is 11.5. The van der Waals surface area contributed by atoms with Crippen LogP contribution in [0.5, 0.6) is 0 Å². The normalized spacial score (nSPS) is 11.5. The van der Waals surface area contributed by atoms with E-state index in [9.17, 15) is 19.8 Å². The molecule has 2 N–H and O–H groups in total. The molecule has 0 amide bonds. The first-order chi connectivity index (χ1) is 25.0. The molecule has 298 valence electrons. The molecule has 0 aliphatic carbocycles. The molecule has 0 aromatic carbocycles. The topological polar surface area (TPSA) is 74.6 Å². The molecule has 0 fully saturated rings. The summed E-state index contributed by atoms with van der Waals surface area (Å²) in [6.45, 7) is 4.57. The first-order valence-electron chi connectivity index (χ1n) is 22.5. The SMILES string of the molecule is CCCCCCCCCCCCCCCCCCc1sc(CCC(=O)O)c(CCC(=O)O)c1CCCCCCCCCCCCCCCCCC. The van der Waals surface area contributed by atoms with Gasteiger partial charge in [0.2, 0.25) is 0 Å². The van der Waals surface area contributed by atoms with E-state index in [1.54, 1.807) is 11.3 Å². The van der Waals surface area contributed by atoms with Crippen LogP contribution < -0.4 is 0 Å². The van der Waals surface area contributed by atoms with Crippen LogP contribution in [0, 0.1) is 0 Å². The Kier molecular flexibility index (Phi) is 33.3. The van der Waals surface area contributed by atoms with E-state index in [-0.39, 0.29) is 12.8 Å². The monoisotopic (exact) mass is 733 g/mol. The molecule has 0 atom stereocenters. The molecule has 0 bridgehead atoms. The molecular formula is C46H84O4S. The van der Waals surface area contributed by atoms with Crippen molar-refractivity contribution in [3.05, 3.63) is 20.9 Å². The third kappa shape index (κ3) is 28.8. The van der Waals surface area contributed by atoms with Gasteiger partial charge in [-0.15, -0.1) is 11.3 Å². The van der Waals surface area contributed by atoms with Gasteiger partial charge in [0.25, 0.3) is 0 Å². The van der Waals surface area contributed by atoms with E-state index in [4.69, 9.17) is 0 Å². The maximum atomic E-state index is 11.5. The summed E-state index contributed by atoms with van der Waals surface area (Å²) in [5.74, 6) is -1.54. The minimum absolute atomic E-state index is 0.123. The first-order valence-corrected chi connectivity index (χ1v) is 23.4. The smallest absolute Gasteiger partial charge is 0.303 e. The summed E-state index contributed by atoms with van der Waals surface area (Å²) in [6, 6.07) is 0. The van der Waals surface area contributed by atoms with Gasteiger partial charge in [-0.05, 0) is 49.7 Å². The number of carbonyl (C=O) groups is 2. The lowest BCUT2D eigenvalue weighted by Gasteiger charge is -2.09. The lowest BCUT2D eigenvalue weighted by Crippen LogP contribution is -2.04. The molecule has 0 spiro atoms. The zero-order valence-electron chi connectivity index (χ0n) is 34.0. The Bertz CT molecular complexity index is 938. The van der Waals surface area contributed by atoms with E-state index in [1.807, 2.05) is 0 Å². The number of carboxylic acid groups (broad SMARTS) is 2. The van der Waals surface area contributed by atoms with Crippen LogP contribution in [0.25, 0.3) is 0 Å². The molecule has 1 aromatic heterocycles. The summed E-state index contributed by atoms with van der Waals surface area (Å²) in [5.41, 5.74) is 2.56. The molecule has 1 heterocycles. The minimum atomic E-state index is -0.772. The molecule has 1 rings (SSSR count). The van der Waals surface area contributed by atoms with Crippen LogP contribution in [0.15, 0.2) is 0 Å². The number of hydrogen-bond acceptors (Lipinski definition) is 3. The summed E-state index contributed by atoms with van der Waals surface area (Å²) < 4.78 is 0. The summed E-state index contributed by atoms with van der Waals surface area (Å²) >= 11 is 1.80. The molecule has 0 aliphatic heterocycles. The molecule has 4 nitrogen and oxygen atoms in total. The van der Waals surface area contributed by atoms with Crippen molar-refractivity contribution in [3.63, 3.8) is 0 Å². The van der Waals surface area contributed by atoms with Gasteiger partial charge in [0.15, 0.2) is 0 Å². The van der Waals surface area contributed by atoms with Crippen molar-refractivity contribution < 1.29 is 19.8 Å². The zero-order chi connectivity index (χ0) is 37.0. The van der Waals surface area contributed by atoms with Gasteiger partial charge in [-0.1, -0.05) is 206 Å². The summed E-state index contributed by atoms with van der Waals surface area (Å²) in [6.07, 6.45) is 47.1. The van der Waals surface area contributed by atoms with Gasteiger partial charge in [-0.3, -0.25) is 9.59 Å². The lowest BCUT2D eigenvalue weighted by atomic mass is 9.95. The Morgan fingerprint density at radius 3 is 0.941 bits per heavy atom. The van der Waals surface area contributed by atoms with Gasteiger partial charge < -0.3 is 10.2 Å². The fourth-order valence-corrected chi connectivity index (χ4v) is 9.17. The predicted molar refractivity (Wildman–Crippen MR) is 223 cm³/mol. The fourth-order valence-electron chi connectivity index (χ4n) is 7.73. The van der Waals surface area contributed by atoms with Gasteiger partial charge in [0, 0.05) is 16.2 Å². The van der Waals surface area contributed by atoms with E-state index in [0.717, 1.165) is 24.1 Å². The highest BCUT2D eigenvalue weighted by atomic mass is 32.1. The molecule has 0 aliphatic rings. The Morgan fingerprint density at radius 2 is 0.608 bits per heavy atom. The standard InChI is InChI=1S/C46H84O4S/c1-3-5-7-9-11-13-15-17-19-21-23-25-27-29-31-33-35-41-42(37-39-45(47)48)44(38-40-46(49)50)51-43(41)36-34-32-30-28-26-24-22-20-18-16-14-12-10-8-6-4-2/h3-40H2,1-2H3,(H,47,48)(H,49,50). The van der Waals surface area contributed by atoms with Crippen LogP contribution in [0.3, 0.4) is 0 Å². The molecule has 0 saturated carbocycles. The van der Waals surface area contributed by atoms with Crippen LogP contribution in [0.1, 0.15) is 253 Å². The zero-order valence-corrected chi connectivity index (χ0v) is 34.8. The Hall–Kier alpha value is -1.36. The second-order valence-corrected chi connectivity index (χ2v) is 17.0. The quantitative estimate of drug-likeness (QED) is 0.0659. The molecule has 1 aromatic rings. The highest BCUT2D eigenvalue weighted by molar-refractivity contribution is 7.12. The van der Waals surface area contributed by atoms with Gasteiger partial charge in [-0.2, -0.15) is 0 Å². The summed E-state index contributed by atoms with van der Waals surface area (Å²) in [7, 11) is 0. The second kappa shape index (κ2) is 35.7. The first kappa shape index (κ1) is 47.7.